The van der Waals surface area contributed by atoms with E-state index >= 15 is 0 Å². The average Bonchev–Trinajstić information content (AvgIpc) is 2.77. The van der Waals surface area contributed by atoms with Crippen LogP contribution in [0.5, 0.6) is 0 Å². The van der Waals surface area contributed by atoms with E-state index in [1.807, 2.05) is 60.7 Å². The third-order valence-corrected chi connectivity index (χ3v) is 5.34. The molecule has 2 aromatic rings. The zero-order valence-corrected chi connectivity index (χ0v) is 21.3. The summed E-state index contributed by atoms with van der Waals surface area (Å²) in [5, 5.41) is 40.9. The van der Waals surface area contributed by atoms with Crippen molar-refractivity contribution in [2.24, 2.45) is 0 Å². The van der Waals surface area contributed by atoms with E-state index < -0.39 is 24.1 Å². The fourth-order valence-corrected chi connectivity index (χ4v) is 3.03. The van der Waals surface area contributed by atoms with Gasteiger partial charge in [-0.05, 0) is 39.1 Å². The number of hydrogen-bond donors (Lipinski definition) is 2. The van der Waals surface area contributed by atoms with E-state index in [1.54, 1.807) is 37.7 Å². The number of carboxylic acid groups (broad SMARTS) is 2. The molecular formula is C24H36CoN2O8. The molecule has 4 atom stereocenters. The first-order chi connectivity index (χ1) is 15.0. The smallest absolute Gasteiger partial charge is 0.549 e. The van der Waals surface area contributed by atoms with Gasteiger partial charge >= 0.3 is 16.8 Å². The third-order valence-electron chi connectivity index (χ3n) is 5.34. The van der Waals surface area contributed by atoms with Gasteiger partial charge in [0.25, 0.3) is 0 Å². The van der Waals surface area contributed by atoms with Gasteiger partial charge < -0.3 is 41.0 Å². The summed E-state index contributed by atoms with van der Waals surface area (Å²) in [6, 6.07) is 17.8. The number of aliphatic hydroxyl groups excluding tert-OH is 2. The van der Waals surface area contributed by atoms with E-state index in [9.17, 15) is 30.0 Å². The standard InChI is InChI=1S/2C12H17NO3.Co.2H2O/c2*1-9(13(2)8-11(14)15)12(16)10-6-4-3-5-7-10;;;/h2*3-7,9,12,16H,8H2,1-2H3,(H,14,15);;2*1H2/q;;+2;;/p-2/t2*9-,12-;;;/m00.../s1. The second-order valence-electron chi connectivity index (χ2n) is 7.77. The number of likely N-dealkylation sites (N-methyl/N-ethyl adjacent to an activating group) is 2. The van der Waals surface area contributed by atoms with Crippen molar-refractivity contribution in [1.82, 2.24) is 9.80 Å². The van der Waals surface area contributed by atoms with Gasteiger partial charge in [-0.1, -0.05) is 60.7 Å². The Kier molecular flexibility index (Phi) is 20.1. The zero-order valence-electron chi connectivity index (χ0n) is 20.3. The van der Waals surface area contributed by atoms with Gasteiger partial charge in [0.15, 0.2) is 0 Å². The summed E-state index contributed by atoms with van der Waals surface area (Å²) in [6.45, 7) is 3.18. The first-order valence-corrected chi connectivity index (χ1v) is 10.3. The van der Waals surface area contributed by atoms with Crippen LogP contribution >= 0.6 is 0 Å². The van der Waals surface area contributed by atoms with E-state index in [0.717, 1.165) is 11.1 Å². The second-order valence-corrected chi connectivity index (χ2v) is 7.77. The van der Waals surface area contributed by atoms with Gasteiger partial charge in [-0.15, -0.1) is 0 Å². The molecule has 0 aliphatic rings. The minimum absolute atomic E-state index is 0. The van der Waals surface area contributed by atoms with Crippen molar-refractivity contribution in [2.45, 2.75) is 38.1 Å². The Labute approximate surface area is 216 Å². The van der Waals surface area contributed by atoms with E-state index in [1.165, 1.54) is 0 Å². The summed E-state index contributed by atoms with van der Waals surface area (Å²) in [6.07, 6.45) is -1.41. The Morgan fingerprint density at radius 1 is 0.714 bits per heavy atom. The number of aliphatic hydroxyl groups is 2. The van der Waals surface area contributed by atoms with Crippen molar-refractivity contribution >= 4 is 11.9 Å². The molecule has 35 heavy (non-hydrogen) atoms. The zero-order chi connectivity index (χ0) is 24.3. The van der Waals surface area contributed by atoms with Crippen LogP contribution < -0.4 is 10.2 Å². The topological polar surface area (TPSA) is 190 Å². The van der Waals surface area contributed by atoms with Crippen LogP contribution in [0.25, 0.3) is 0 Å². The van der Waals surface area contributed by atoms with Crippen LogP contribution in [-0.4, -0.2) is 82.2 Å². The summed E-state index contributed by atoms with van der Waals surface area (Å²) in [4.78, 5) is 24.0. The fourth-order valence-electron chi connectivity index (χ4n) is 3.03. The summed E-state index contributed by atoms with van der Waals surface area (Å²) >= 11 is 0. The summed E-state index contributed by atoms with van der Waals surface area (Å²) in [7, 11) is 3.29. The summed E-state index contributed by atoms with van der Waals surface area (Å²) in [5.41, 5.74) is 1.56. The largest absolute Gasteiger partial charge is 2.00 e. The SMILES string of the molecule is C[C@@H]([C@H](O)c1ccccc1)N(C)CC(=O)[O-].C[C@@H]([C@H](O)c1ccccc1)N(C)CC(=O)[O-].O.O.[Co+2]. The predicted molar refractivity (Wildman–Crippen MR) is 124 cm³/mol. The van der Waals surface area contributed by atoms with Crippen molar-refractivity contribution in [2.75, 3.05) is 27.2 Å². The molecule has 199 valence electrons. The molecule has 0 amide bonds. The van der Waals surface area contributed by atoms with Crippen LogP contribution in [0.4, 0.5) is 0 Å². The number of carbonyl (C=O) groups is 2. The number of rotatable bonds is 10. The van der Waals surface area contributed by atoms with Crippen LogP contribution in [0.15, 0.2) is 60.7 Å². The molecule has 0 aliphatic carbocycles. The number of benzene rings is 2. The molecule has 0 unspecified atom stereocenters. The van der Waals surface area contributed by atoms with Gasteiger partial charge in [0.2, 0.25) is 0 Å². The summed E-state index contributed by atoms with van der Waals surface area (Å²) < 4.78 is 0. The number of hydrogen-bond acceptors (Lipinski definition) is 8. The first-order valence-electron chi connectivity index (χ1n) is 10.3. The van der Waals surface area contributed by atoms with Gasteiger partial charge in [-0.2, -0.15) is 0 Å². The van der Waals surface area contributed by atoms with Gasteiger partial charge in [0, 0.05) is 25.2 Å². The second kappa shape index (κ2) is 18.9. The van der Waals surface area contributed by atoms with Crippen molar-refractivity contribution in [1.29, 1.82) is 0 Å². The molecule has 11 heteroatoms. The Hall–Kier alpha value is -2.35. The molecule has 0 fully saturated rings. The van der Waals surface area contributed by atoms with Crippen molar-refractivity contribution in [3.8, 4) is 0 Å². The molecule has 0 saturated carbocycles. The molecule has 0 aromatic heterocycles. The first kappa shape index (κ1) is 37.2. The van der Waals surface area contributed by atoms with Crippen LogP contribution in [0.2, 0.25) is 0 Å². The Morgan fingerprint density at radius 2 is 0.971 bits per heavy atom. The quantitative estimate of drug-likeness (QED) is 0.344. The molecule has 6 N–H and O–H groups in total. The predicted octanol–water partition coefficient (Wildman–Crippen LogP) is -2.07. The van der Waals surface area contributed by atoms with Gasteiger partial charge in [-0.3, -0.25) is 9.80 Å². The minimum atomic E-state index is -1.14. The van der Waals surface area contributed by atoms with Gasteiger partial charge in [0.1, 0.15) is 0 Å². The molecule has 0 aliphatic heterocycles. The van der Waals surface area contributed by atoms with Crippen LogP contribution in [0, 0.1) is 0 Å². The van der Waals surface area contributed by atoms with Crippen molar-refractivity contribution in [3.05, 3.63) is 71.8 Å². The van der Waals surface area contributed by atoms with Gasteiger partial charge in [-0.25, -0.2) is 0 Å². The Balaban J connectivity index is -0.000000539. The van der Waals surface area contributed by atoms with Gasteiger partial charge in [0.05, 0.1) is 24.1 Å². The maximum Gasteiger partial charge on any atom is 2.00 e. The van der Waals surface area contributed by atoms with E-state index in [2.05, 4.69) is 0 Å². The van der Waals surface area contributed by atoms with Crippen molar-refractivity contribution in [3.63, 3.8) is 0 Å². The molecular weight excluding hydrogens is 503 g/mol. The maximum absolute atomic E-state index is 10.4. The molecule has 0 bridgehead atoms. The van der Waals surface area contributed by atoms with E-state index in [-0.39, 0.29) is 52.9 Å². The number of carbonyl (C=O) groups excluding carboxylic acids is 2. The summed E-state index contributed by atoms with van der Waals surface area (Å²) in [5.74, 6) is -2.29. The van der Waals surface area contributed by atoms with Crippen LogP contribution in [0.1, 0.15) is 37.2 Å². The Bertz CT molecular complexity index is 759. The third kappa shape index (κ3) is 13.3. The molecule has 0 heterocycles. The molecule has 0 spiro atoms. The van der Waals surface area contributed by atoms with E-state index in [0.29, 0.717) is 0 Å². The Morgan fingerprint density at radius 3 is 1.20 bits per heavy atom. The number of carboxylic acids is 2. The molecule has 0 saturated heterocycles. The van der Waals surface area contributed by atoms with Crippen molar-refractivity contribution < 1.29 is 57.7 Å². The average molecular weight is 539 g/mol. The normalized spacial score (nSPS) is 13.5. The number of aliphatic carboxylic acids is 2. The fraction of sp³-hybridized carbons (Fsp3) is 0.417. The van der Waals surface area contributed by atoms with Crippen LogP contribution in [-0.2, 0) is 26.4 Å². The number of nitrogens with zero attached hydrogens (tertiary/aromatic N) is 2. The monoisotopic (exact) mass is 539 g/mol. The molecule has 2 aromatic carbocycles. The molecule has 1 radical (unpaired) electrons. The molecule has 10 nitrogen and oxygen atoms in total. The van der Waals surface area contributed by atoms with Crippen LogP contribution in [0.3, 0.4) is 0 Å². The minimum Gasteiger partial charge on any atom is -0.549 e. The van der Waals surface area contributed by atoms with E-state index in [4.69, 9.17) is 0 Å². The molecule has 2 rings (SSSR count). The maximum atomic E-state index is 10.4.